The fraction of sp³-hybridized carbons (Fsp3) is 0.929. The normalized spacial score (nSPS) is 9.89. The smallest absolute Gasteiger partial charge is 0.305 e. The van der Waals surface area contributed by atoms with Crippen molar-refractivity contribution >= 4 is 57.4 Å². The van der Waals surface area contributed by atoms with Crippen molar-refractivity contribution in [1.29, 1.82) is 0 Å². The third-order valence-electron chi connectivity index (χ3n) is 2.80. The Morgan fingerprint density at radius 3 is 2.06 bits per heavy atom. The summed E-state index contributed by atoms with van der Waals surface area (Å²) < 4.78 is 5.04. The Balaban J connectivity index is 0. The molecule has 0 fully saturated rings. The van der Waals surface area contributed by atoms with Gasteiger partial charge >= 0.3 is 5.97 Å². The topological polar surface area (TPSA) is 46.5 Å². The molecular weight excluding hydrogens is 255 g/mol. The van der Waals surface area contributed by atoms with Gasteiger partial charge in [0.1, 0.15) is 0 Å². The fourth-order valence-corrected chi connectivity index (χ4v) is 1.72. The summed E-state index contributed by atoms with van der Waals surface area (Å²) in [6.07, 6.45) is 10.9. The minimum atomic E-state index is -0.179. The van der Waals surface area contributed by atoms with Crippen LogP contribution in [-0.4, -0.2) is 75.7 Å². The van der Waals surface area contributed by atoms with Crippen molar-refractivity contribution in [3.63, 3.8) is 0 Å². The van der Waals surface area contributed by atoms with Gasteiger partial charge in [-0.25, -0.2) is 0 Å². The SMILES string of the molecule is CCCCCCCCCCOC(=O)CCCO.[K]. The molecule has 0 spiro atoms. The van der Waals surface area contributed by atoms with Crippen LogP contribution < -0.4 is 0 Å². The van der Waals surface area contributed by atoms with Crippen molar-refractivity contribution in [2.75, 3.05) is 13.2 Å². The second-order valence-electron chi connectivity index (χ2n) is 4.52. The minimum Gasteiger partial charge on any atom is -0.466 e. The molecule has 0 saturated heterocycles. The average molecular weight is 283 g/mol. The number of carbonyl (C=O) groups excluding carboxylic acids is 1. The Bertz CT molecular complexity index is 174. The molecule has 0 atom stereocenters. The summed E-state index contributed by atoms with van der Waals surface area (Å²) in [6, 6.07) is 0. The van der Waals surface area contributed by atoms with Crippen LogP contribution in [-0.2, 0) is 9.53 Å². The van der Waals surface area contributed by atoms with Crippen LogP contribution in [0.25, 0.3) is 0 Å². The van der Waals surface area contributed by atoms with Gasteiger partial charge < -0.3 is 9.84 Å². The van der Waals surface area contributed by atoms with Gasteiger partial charge in [-0.1, -0.05) is 51.9 Å². The van der Waals surface area contributed by atoms with Gasteiger partial charge in [-0.15, -0.1) is 0 Å². The monoisotopic (exact) mass is 283 g/mol. The Labute approximate surface area is 154 Å². The van der Waals surface area contributed by atoms with Gasteiger partial charge in [0.15, 0.2) is 0 Å². The number of carbonyl (C=O) groups is 1. The van der Waals surface area contributed by atoms with E-state index in [9.17, 15) is 4.79 Å². The van der Waals surface area contributed by atoms with Crippen LogP contribution in [0.15, 0.2) is 0 Å². The van der Waals surface area contributed by atoms with Crippen molar-refractivity contribution in [2.24, 2.45) is 0 Å². The van der Waals surface area contributed by atoms with Crippen LogP contribution >= 0.6 is 0 Å². The molecule has 0 aliphatic rings. The summed E-state index contributed by atoms with van der Waals surface area (Å²) in [6.45, 7) is 2.83. The molecule has 0 bridgehead atoms. The van der Waals surface area contributed by atoms with E-state index in [-0.39, 0.29) is 64.0 Å². The number of rotatable bonds is 12. The molecule has 4 heteroatoms. The van der Waals surface area contributed by atoms with Crippen LogP contribution in [0.2, 0.25) is 0 Å². The van der Waals surface area contributed by atoms with E-state index in [1.165, 1.54) is 38.5 Å². The van der Waals surface area contributed by atoms with Crippen LogP contribution in [0, 0.1) is 0 Å². The van der Waals surface area contributed by atoms with E-state index in [0.29, 0.717) is 19.4 Å². The van der Waals surface area contributed by atoms with E-state index in [1.54, 1.807) is 0 Å². The van der Waals surface area contributed by atoms with Crippen LogP contribution in [0.5, 0.6) is 0 Å². The van der Waals surface area contributed by atoms with Crippen molar-refractivity contribution in [1.82, 2.24) is 0 Å². The van der Waals surface area contributed by atoms with E-state index >= 15 is 0 Å². The summed E-state index contributed by atoms with van der Waals surface area (Å²) >= 11 is 0. The number of hydrogen-bond acceptors (Lipinski definition) is 3. The Morgan fingerprint density at radius 1 is 0.944 bits per heavy atom. The molecule has 103 valence electrons. The minimum absolute atomic E-state index is 0. The second kappa shape index (κ2) is 18.1. The molecule has 3 nitrogen and oxygen atoms in total. The van der Waals surface area contributed by atoms with Gasteiger partial charge in [0.05, 0.1) is 6.61 Å². The summed E-state index contributed by atoms with van der Waals surface area (Å²) in [4.78, 5) is 11.1. The molecule has 0 aliphatic heterocycles. The standard InChI is InChI=1S/C14H28O3.K/c1-2-3-4-5-6-7-8-9-13-17-14(16)11-10-12-15;/h15H,2-13H2,1H3;. The number of esters is 1. The van der Waals surface area contributed by atoms with E-state index in [0.717, 1.165) is 12.8 Å². The summed E-state index contributed by atoms with van der Waals surface area (Å²) in [5, 5.41) is 8.54. The number of aliphatic hydroxyl groups is 1. The molecule has 0 heterocycles. The van der Waals surface area contributed by atoms with Gasteiger partial charge in [0.2, 0.25) is 0 Å². The first-order chi connectivity index (χ1) is 8.31. The Kier molecular flexibility index (Phi) is 21.4. The molecule has 1 radical (unpaired) electrons. The van der Waals surface area contributed by atoms with E-state index in [1.807, 2.05) is 0 Å². The predicted octanol–water partition coefficient (Wildman–Crippen LogP) is 3.06. The predicted molar refractivity (Wildman–Crippen MR) is 75.6 cm³/mol. The molecule has 0 saturated carbocycles. The average Bonchev–Trinajstić information content (AvgIpc) is 2.34. The number of ether oxygens (including phenoxy) is 1. The number of unbranched alkanes of at least 4 members (excludes halogenated alkanes) is 7. The zero-order valence-corrected chi connectivity index (χ0v) is 15.4. The van der Waals surface area contributed by atoms with Crippen molar-refractivity contribution in [3.05, 3.63) is 0 Å². The van der Waals surface area contributed by atoms with Gasteiger partial charge in [0.25, 0.3) is 0 Å². The first-order valence-corrected chi connectivity index (χ1v) is 7.07. The maximum absolute atomic E-state index is 11.1. The molecule has 0 rings (SSSR count). The molecule has 1 N–H and O–H groups in total. The largest absolute Gasteiger partial charge is 0.466 e. The second-order valence-corrected chi connectivity index (χ2v) is 4.52. The zero-order chi connectivity index (χ0) is 12.8. The molecular formula is C14H28KO3. The van der Waals surface area contributed by atoms with Crippen LogP contribution in [0.4, 0.5) is 0 Å². The molecule has 0 unspecified atom stereocenters. The Morgan fingerprint density at radius 2 is 1.50 bits per heavy atom. The van der Waals surface area contributed by atoms with Gasteiger partial charge in [0, 0.05) is 64.4 Å². The fourth-order valence-electron chi connectivity index (χ4n) is 1.72. The number of hydrogen-bond donors (Lipinski definition) is 1. The molecule has 18 heavy (non-hydrogen) atoms. The van der Waals surface area contributed by atoms with E-state index in [2.05, 4.69) is 6.92 Å². The van der Waals surface area contributed by atoms with Crippen molar-refractivity contribution < 1.29 is 14.6 Å². The first-order valence-electron chi connectivity index (χ1n) is 7.07. The third-order valence-corrected chi connectivity index (χ3v) is 2.80. The summed E-state index contributed by atoms with van der Waals surface area (Å²) in [7, 11) is 0. The van der Waals surface area contributed by atoms with E-state index in [4.69, 9.17) is 9.84 Å². The van der Waals surface area contributed by atoms with Crippen molar-refractivity contribution in [2.45, 2.75) is 71.1 Å². The molecule has 0 aliphatic carbocycles. The summed E-state index contributed by atoms with van der Waals surface area (Å²) in [5.41, 5.74) is 0. The molecule has 0 aromatic heterocycles. The zero-order valence-electron chi connectivity index (χ0n) is 12.2. The van der Waals surface area contributed by atoms with Gasteiger partial charge in [-0.3, -0.25) is 4.79 Å². The quantitative estimate of drug-likeness (QED) is 0.340. The maximum atomic E-state index is 11.1. The Hall–Kier alpha value is 1.07. The van der Waals surface area contributed by atoms with Gasteiger partial charge in [-0.2, -0.15) is 0 Å². The van der Waals surface area contributed by atoms with Crippen LogP contribution in [0.3, 0.4) is 0 Å². The van der Waals surface area contributed by atoms with Crippen LogP contribution in [0.1, 0.15) is 71.1 Å². The molecule has 0 amide bonds. The van der Waals surface area contributed by atoms with Gasteiger partial charge in [-0.05, 0) is 12.8 Å². The third kappa shape index (κ3) is 17.1. The van der Waals surface area contributed by atoms with Crippen molar-refractivity contribution in [3.8, 4) is 0 Å². The summed E-state index contributed by atoms with van der Waals surface area (Å²) in [5.74, 6) is -0.179. The molecule has 0 aromatic rings. The maximum Gasteiger partial charge on any atom is 0.305 e. The first kappa shape index (κ1) is 21.4. The number of aliphatic hydroxyl groups excluding tert-OH is 1. The molecule has 0 aromatic carbocycles. The van der Waals surface area contributed by atoms with E-state index < -0.39 is 0 Å².